The van der Waals surface area contributed by atoms with Crippen LogP contribution in [-0.4, -0.2) is 38.4 Å². The first-order chi connectivity index (χ1) is 16.7. The second-order valence-electron chi connectivity index (χ2n) is 13.9. The average Bonchev–Trinajstić information content (AvgIpc) is 2.74. The third-order valence-electron chi connectivity index (χ3n) is 7.96. The molecule has 0 saturated carbocycles. The molecular formula is C31H54O5Si. The second kappa shape index (κ2) is 13.0. The first-order valence-corrected chi connectivity index (χ1v) is 16.7. The Morgan fingerprint density at radius 3 is 1.92 bits per heavy atom. The SMILES string of the molecule is C[C@@H](COCc1ccccc1)[C@@H](O[Si](C)(C)C(C)(C)C)[C@@H](C)C(=O)C(C)(C)[C@@H](C)CC(=O)OC(C)(C)C. The normalized spacial score (nSPS) is 16.6. The largest absolute Gasteiger partial charge is 0.460 e. The minimum atomic E-state index is -2.16. The quantitative estimate of drug-likeness (QED) is 0.191. The molecule has 0 aromatic heterocycles. The van der Waals surface area contributed by atoms with Gasteiger partial charge < -0.3 is 13.9 Å². The molecule has 212 valence electrons. The number of hydrogen-bond donors (Lipinski definition) is 0. The van der Waals surface area contributed by atoms with E-state index in [0.717, 1.165) is 5.56 Å². The summed E-state index contributed by atoms with van der Waals surface area (Å²) in [6.07, 6.45) is -0.0798. The molecular weight excluding hydrogens is 480 g/mol. The lowest BCUT2D eigenvalue weighted by Crippen LogP contribution is -2.51. The van der Waals surface area contributed by atoms with Crippen LogP contribution in [0, 0.1) is 23.2 Å². The van der Waals surface area contributed by atoms with Gasteiger partial charge in [-0.1, -0.05) is 85.7 Å². The lowest BCUT2D eigenvalue weighted by atomic mass is 9.69. The highest BCUT2D eigenvalue weighted by Crippen LogP contribution is 2.41. The Balaban J connectivity index is 3.09. The molecule has 0 spiro atoms. The van der Waals surface area contributed by atoms with E-state index in [0.29, 0.717) is 13.2 Å². The summed E-state index contributed by atoms with van der Waals surface area (Å²) >= 11 is 0. The van der Waals surface area contributed by atoms with Crippen molar-refractivity contribution in [3.8, 4) is 0 Å². The summed E-state index contributed by atoms with van der Waals surface area (Å²) in [6.45, 7) is 27.7. The highest BCUT2D eigenvalue weighted by Gasteiger charge is 2.46. The maximum absolute atomic E-state index is 14.0. The van der Waals surface area contributed by atoms with Crippen LogP contribution in [0.3, 0.4) is 0 Å². The topological polar surface area (TPSA) is 61.8 Å². The summed E-state index contributed by atoms with van der Waals surface area (Å²) < 4.78 is 18.5. The molecule has 0 N–H and O–H groups in total. The van der Waals surface area contributed by atoms with Crippen LogP contribution in [0.25, 0.3) is 0 Å². The van der Waals surface area contributed by atoms with Crippen molar-refractivity contribution in [2.24, 2.45) is 23.2 Å². The van der Waals surface area contributed by atoms with Crippen molar-refractivity contribution >= 4 is 20.1 Å². The van der Waals surface area contributed by atoms with Gasteiger partial charge in [-0.3, -0.25) is 9.59 Å². The van der Waals surface area contributed by atoms with Crippen LogP contribution in [0.5, 0.6) is 0 Å². The van der Waals surface area contributed by atoms with E-state index in [2.05, 4.69) is 52.9 Å². The summed E-state index contributed by atoms with van der Waals surface area (Å²) in [4.78, 5) is 26.5. The molecule has 5 nitrogen and oxygen atoms in total. The standard InChI is InChI=1S/C31H54O5Si/c1-22(20-34-21-25-17-15-14-16-18-25)27(36-37(12,13)30(7,8)9)24(3)28(33)31(10,11)23(2)19-26(32)35-29(4,5)6/h14-18,22-24,27H,19-21H2,1-13H3/t22-,23-,24+,27+/m0/s1. The molecule has 0 aliphatic rings. The fourth-order valence-electron chi connectivity index (χ4n) is 4.13. The number of ketones is 1. The van der Waals surface area contributed by atoms with Crippen molar-refractivity contribution in [1.82, 2.24) is 0 Å². The van der Waals surface area contributed by atoms with Crippen LogP contribution < -0.4 is 0 Å². The molecule has 4 atom stereocenters. The van der Waals surface area contributed by atoms with E-state index >= 15 is 0 Å². The van der Waals surface area contributed by atoms with Gasteiger partial charge in [0.25, 0.3) is 0 Å². The average molecular weight is 535 g/mol. The van der Waals surface area contributed by atoms with Crippen LogP contribution in [-0.2, 0) is 30.1 Å². The molecule has 0 aliphatic heterocycles. The predicted octanol–water partition coefficient (Wildman–Crippen LogP) is 7.83. The molecule has 1 aromatic carbocycles. The van der Waals surface area contributed by atoms with Crippen molar-refractivity contribution < 1.29 is 23.5 Å². The van der Waals surface area contributed by atoms with E-state index in [4.69, 9.17) is 13.9 Å². The number of Topliss-reactive ketones (excluding diaryl/α,β-unsaturated/α-hetero) is 1. The number of carbonyl (C=O) groups excluding carboxylic acids is 2. The van der Waals surface area contributed by atoms with Gasteiger partial charge in [0.05, 0.1) is 19.3 Å². The lowest BCUT2D eigenvalue weighted by Gasteiger charge is -2.44. The monoisotopic (exact) mass is 534 g/mol. The molecule has 0 bridgehead atoms. The summed E-state index contributed by atoms with van der Waals surface area (Å²) in [5.41, 5.74) is -0.135. The van der Waals surface area contributed by atoms with Crippen molar-refractivity contribution in [2.75, 3.05) is 6.61 Å². The Bertz CT molecular complexity index is 864. The Hall–Kier alpha value is -1.50. The molecule has 0 radical (unpaired) electrons. The zero-order valence-electron chi connectivity index (χ0n) is 25.9. The van der Waals surface area contributed by atoms with Gasteiger partial charge in [0, 0.05) is 23.7 Å². The van der Waals surface area contributed by atoms with Crippen molar-refractivity contribution in [2.45, 2.75) is 119 Å². The Labute approximate surface area is 228 Å². The maximum Gasteiger partial charge on any atom is 0.306 e. The first-order valence-electron chi connectivity index (χ1n) is 13.7. The van der Waals surface area contributed by atoms with Crippen molar-refractivity contribution in [3.63, 3.8) is 0 Å². The molecule has 1 rings (SSSR count). The van der Waals surface area contributed by atoms with Gasteiger partial charge >= 0.3 is 5.97 Å². The molecule has 0 amide bonds. The molecule has 0 saturated heterocycles. The number of ether oxygens (including phenoxy) is 2. The molecule has 6 heteroatoms. The smallest absolute Gasteiger partial charge is 0.306 e. The van der Waals surface area contributed by atoms with Crippen LogP contribution in [0.15, 0.2) is 30.3 Å². The summed E-state index contributed by atoms with van der Waals surface area (Å²) in [5, 5.41) is 0.0121. The lowest BCUT2D eigenvalue weighted by molar-refractivity contribution is -0.157. The number of hydrogen-bond acceptors (Lipinski definition) is 5. The Morgan fingerprint density at radius 2 is 1.43 bits per heavy atom. The Kier molecular flexibility index (Phi) is 11.8. The van der Waals surface area contributed by atoms with Gasteiger partial charge in [0.1, 0.15) is 11.4 Å². The first kappa shape index (κ1) is 33.5. The van der Waals surface area contributed by atoms with E-state index in [9.17, 15) is 9.59 Å². The molecule has 0 fully saturated rings. The minimum absolute atomic E-state index is 0.0121. The van der Waals surface area contributed by atoms with E-state index in [1.165, 1.54) is 0 Å². The van der Waals surface area contributed by atoms with Gasteiger partial charge in [-0.25, -0.2) is 0 Å². The zero-order valence-corrected chi connectivity index (χ0v) is 26.9. The van der Waals surface area contributed by atoms with Gasteiger partial charge in [0.2, 0.25) is 0 Å². The highest BCUT2D eigenvalue weighted by molar-refractivity contribution is 6.74. The highest BCUT2D eigenvalue weighted by atomic mass is 28.4. The van der Waals surface area contributed by atoms with Crippen LogP contribution in [0.4, 0.5) is 0 Å². The van der Waals surface area contributed by atoms with Gasteiger partial charge in [-0.05, 0) is 50.4 Å². The summed E-state index contributed by atoms with van der Waals surface area (Å²) in [6, 6.07) is 10.1. The third-order valence-corrected chi connectivity index (χ3v) is 12.4. The maximum atomic E-state index is 14.0. The zero-order chi connectivity index (χ0) is 28.8. The van der Waals surface area contributed by atoms with Crippen LogP contribution in [0.1, 0.15) is 88.1 Å². The van der Waals surface area contributed by atoms with E-state index in [-0.39, 0.29) is 47.1 Å². The minimum Gasteiger partial charge on any atom is -0.460 e. The third kappa shape index (κ3) is 10.3. The summed E-state index contributed by atoms with van der Waals surface area (Å²) in [7, 11) is -2.16. The number of esters is 1. The molecule has 37 heavy (non-hydrogen) atoms. The van der Waals surface area contributed by atoms with Crippen LogP contribution in [0.2, 0.25) is 18.1 Å². The van der Waals surface area contributed by atoms with Gasteiger partial charge in [-0.15, -0.1) is 0 Å². The summed E-state index contributed by atoms with van der Waals surface area (Å²) in [5.74, 6) is -0.655. The van der Waals surface area contributed by atoms with E-state index in [1.54, 1.807) is 0 Å². The number of benzene rings is 1. The van der Waals surface area contributed by atoms with Crippen molar-refractivity contribution in [1.29, 1.82) is 0 Å². The fourth-order valence-corrected chi connectivity index (χ4v) is 5.60. The second-order valence-corrected chi connectivity index (χ2v) is 18.6. The van der Waals surface area contributed by atoms with Gasteiger partial charge in [-0.2, -0.15) is 0 Å². The molecule has 0 heterocycles. The Morgan fingerprint density at radius 1 is 0.892 bits per heavy atom. The molecule has 1 aromatic rings. The van der Waals surface area contributed by atoms with E-state index < -0.39 is 19.3 Å². The van der Waals surface area contributed by atoms with Crippen molar-refractivity contribution in [3.05, 3.63) is 35.9 Å². The number of carbonyl (C=O) groups is 2. The van der Waals surface area contributed by atoms with E-state index in [1.807, 2.05) is 66.7 Å². The van der Waals surface area contributed by atoms with Crippen LogP contribution >= 0.6 is 0 Å². The molecule has 0 aliphatic carbocycles. The molecule has 0 unspecified atom stereocenters. The predicted molar refractivity (Wildman–Crippen MR) is 155 cm³/mol. The van der Waals surface area contributed by atoms with Gasteiger partial charge in [0.15, 0.2) is 8.32 Å². The number of rotatable bonds is 13. The fraction of sp³-hybridized carbons (Fsp3) is 0.742.